The normalized spacial score (nSPS) is 18.7. The average Bonchev–Trinajstić information content (AvgIpc) is 3.45. The predicted octanol–water partition coefficient (Wildman–Crippen LogP) is 3.75. The zero-order chi connectivity index (χ0) is 19.0. The number of ether oxygens (including phenoxy) is 2. The van der Waals surface area contributed by atoms with Crippen LogP contribution in [0.2, 0.25) is 0 Å². The maximum absolute atomic E-state index is 12.5. The van der Waals surface area contributed by atoms with Gasteiger partial charge in [-0.15, -0.1) is 0 Å². The van der Waals surface area contributed by atoms with Crippen LogP contribution in [0, 0.1) is 13.8 Å². The third kappa shape index (κ3) is 3.72. The lowest BCUT2D eigenvalue weighted by Crippen LogP contribution is -2.41. The van der Waals surface area contributed by atoms with Gasteiger partial charge in [-0.3, -0.25) is 4.79 Å². The van der Waals surface area contributed by atoms with Gasteiger partial charge < -0.3 is 18.9 Å². The number of aryl methyl sites for hydroxylation is 1. The summed E-state index contributed by atoms with van der Waals surface area (Å²) in [6, 6.07) is 10.4. The van der Waals surface area contributed by atoms with Crippen molar-refractivity contribution in [2.75, 3.05) is 20.2 Å². The van der Waals surface area contributed by atoms with Crippen LogP contribution in [0.25, 0.3) is 6.08 Å². The molecule has 2 aliphatic rings. The van der Waals surface area contributed by atoms with E-state index < -0.39 is 0 Å². The van der Waals surface area contributed by atoms with E-state index in [0.29, 0.717) is 19.2 Å². The minimum Gasteiger partial charge on any atom is -0.486 e. The van der Waals surface area contributed by atoms with E-state index in [4.69, 9.17) is 9.47 Å². The molecule has 1 unspecified atom stereocenters. The smallest absolute Gasteiger partial charge is 0.246 e. The first-order chi connectivity index (χ1) is 13.0. The number of carbonyl (C=O) groups excluding carboxylic acids is 1. The number of likely N-dealkylation sites (N-methyl/N-ethyl adjacent to an activating group) is 1. The van der Waals surface area contributed by atoms with Crippen molar-refractivity contribution in [3.8, 4) is 11.5 Å². The molecule has 142 valence electrons. The van der Waals surface area contributed by atoms with Gasteiger partial charge in [0.15, 0.2) is 17.6 Å². The highest BCUT2D eigenvalue weighted by atomic mass is 16.6. The van der Waals surface area contributed by atoms with E-state index in [1.165, 1.54) is 24.2 Å². The van der Waals surface area contributed by atoms with Gasteiger partial charge in [0, 0.05) is 30.6 Å². The molecule has 2 aromatic rings. The third-order valence-corrected chi connectivity index (χ3v) is 5.26. The van der Waals surface area contributed by atoms with Crippen molar-refractivity contribution in [2.24, 2.45) is 0 Å². The summed E-state index contributed by atoms with van der Waals surface area (Å²) in [4.78, 5) is 14.2. The number of fused-ring (bicyclic) bond motifs is 1. The first kappa shape index (κ1) is 17.7. The SMILES string of the molecule is Cc1cc(/C=C/C(=O)N(C)CC2COc3ccccc3O2)c(C)n1C1CC1. The number of amides is 1. The Morgan fingerprint density at radius 3 is 2.74 bits per heavy atom. The van der Waals surface area contributed by atoms with E-state index in [2.05, 4.69) is 24.5 Å². The summed E-state index contributed by atoms with van der Waals surface area (Å²) in [7, 11) is 1.80. The molecule has 1 amide bonds. The number of hydrogen-bond donors (Lipinski definition) is 0. The van der Waals surface area contributed by atoms with Gasteiger partial charge in [-0.05, 0) is 56.5 Å². The molecule has 0 saturated heterocycles. The van der Waals surface area contributed by atoms with E-state index >= 15 is 0 Å². The van der Waals surface area contributed by atoms with Gasteiger partial charge in [0.25, 0.3) is 0 Å². The molecule has 4 rings (SSSR count). The molecule has 1 aliphatic heterocycles. The van der Waals surface area contributed by atoms with Gasteiger partial charge >= 0.3 is 0 Å². The Balaban J connectivity index is 1.37. The average molecular weight is 366 g/mol. The second kappa shape index (κ2) is 7.14. The summed E-state index contributed by atoms with van der Waals surface area (Å²) in [6.07, 6.45) is 5.92. The molecule has 27 heavy (non-hydrogen) atoms. The van der Waals surface area contributed by atoms with Crippen LogP contribution in [-0.4, -0.2) is 41.7 Å². The van der Waals surface area contributed by atoms with Crippen LogP contribution in [0.4, 0.5) is 0 Å². The van der Waals surface area contributed by atoms with Gasteiger partial charge in [-0.25, -0.2) is 0 Å². The monoisotopic (exact) mass is 366 g/mol. The van der Waals surface area contributed by atoms with E-state index in [1.807, 2.05) is 30.3 Å². The highest BCUT2D eigenvalue weighted by Crippen LogP contribution is 2.38. The van der Waals surface area contributed by atoms with Crippen LogP contribution in [-0.2, 0) is 4.79 Å². The molecule has 1 aromatic heterocycles. The van der Waals surface area contributed by atoms with E-state index in [1.54, 1.807) is 18.0 Å². The first-order valence-electron chi connectivity index (χ1n) is 9.53. The minimum absolute atomic E-state index is 0.0336. The van der Waals surface area contributed by atoms with Crippen LogP contribution >= 0.6 is 0 Å². The number of rotatable bonds is 5. The van der Waals surface area contributed by atoms with Gasteiger partial charge in [0.05, 0.1) is 6.54 Å². The van der Waals surface area contributed by atoms with Crippen molar-refractivity contribution < 1.29 is 14.3 Å². The van der Waals surface area contributed by atoms with Crippen LogP contribution in [0.3, 0.4) is 0 Å². The number of para-hydroxylation sites is 2. The fourth-order valence-electron chi connectivity index (χ4n) is 3.70. The molecule has 1 fully saturated rings. The van der Waals surface area contributed by atoms with Gasteiger partial charge in [0.2, 0.25) is 5.91 Å². The largest absolute Gasteiger partial charge is 0.486 e. The highest BCUT2D eigenvalue weighted by Gasteiger charge is 2.27. The maximum atomic E-state index is 12.5. The topological polar surface area (TPSA) is 43.7 Å². The van der Waals surface area contributed by atoms with Gasteiger partial charge in [0.1, 0.15) is 6.61 Å². The highest BCUT2D eigenvalue weighted by molar-refractivity contribution is 5.91. The van der Waals surface area contributed by atoms with Crippen LogP contribution in [0.1, 0.15) is 35.8 Å². The van der Waals surface area contributed by atoms with Crippen LogP contribution in [0.5, 0.6) is 11.5 Å². The fraction of sp³-hybridized carbons (Fsp3) is 0.409. The summed E-state index contributed by atoms with van der Waals surface area (Å²) >= 11 is 0. The molecule has 1 aromatic carbocycles. The number of aromatic nitrogens is 1. The van der Waals surface area contributed by atoms with E-state index in [-0.39, 0.29) is 12.0 Å². The molecule has 0 spiro atoms. The summed E-state index contributed by atoms with van der Waals surface area (Å²) < 4.78 is 14.1. The zero-order valence-corrected chi connectivity index (χ0v) is 16.1. The molecule has 0 radical (unpaired) electrons. The molecular formula is C22H26N2O3. The molecule has 5 heteroatoms. The van der Waals surface area contributed by atoms with Crippen LogP contribution in [0.15, 0.2) is 36.4 Å². The first-order valence-corrected chi connectivity index (χ1v) is 9.53. The second-order valence-electron chi connectivity index (χ2n) is 7.48. The summed E-state index contributed by atoms with van der Waals surface area (Å²) in [5, 5.41) is 0. The Bertz CT molecular complexity index is 880. The van der Waals surface area contributed by atoms with Crippen molar-refractivity contribution in [1.82, 2.24) is 9.47 Å². The molecule has 1 aliphatic carbocycles. The summed E-state index contributed by atoms with van der Waals surface area (Å²) in [6.45, 7) is 5.19. The second-order valence-corrected chi connectivity index (χ2v) is 7.48. The number of nitrogens with zero attached hydrogens (tertiary/aromatic N) is 2. The lowest BCUT2D eigenvalue weighted by atomic mass is 10.2. The van der Waals surface area contributed by atoms with E-state index in [9.17, 15) is 4.79 Å². The lowest BCUT2D eigenvalue weighted by Gasteiger charge is -2.29. The Hall–Kier alpha value is -2.69. The molecule has 2 heterocycles. The van der Waals surface area contributed by atoms with Crippen molar-refractivity contribution in [3.63, 3.8) is 0 Å². The maximum Gasteiger partial charge on any atom is 0.246 e. The molecule has 0 N–H and O–H groups in total. The predicted molar refractivity (Wildman–Crippen MR) is 105 cm³/mol. The van der Waals surface area contributed by atoms with Gasteiger partial charge in [-0.1, -0.05) is 12.1 Å². The standard InChI is InChI=1S/C22H26N2O3/c1-15-12-17(16(2)24(15)18-9-10-18)8-11-22(25)23(3)13-19-14-26-20-6-4-5-7-21(20)27-19/h4-8,11-12,18-19H,9-10,13-14H2,1-3H3/b11-8+. The summed E-state index contributed by atoms with van der Waals surface area (Å²) in [5.74, 6) is 1.46. The number of benzene rings is 1. The summed E-state index contributed by atoms with van der Waals surface area (Å²) in [5.41, 5.74) is 3.62. The Morgan fingerprint density at radius 2 is 2.00 bits per heavy atom. The van der Waals surface area contributed by atoms with Crippen LogP contribution < -0.4 is 9.47 Å². The minimum atomic E-state index is -0.165. The molecular weight excluding hydrogens is 340 g/mol. The molecule has 0 bridgehead atoms. The fourth-order valence-corrected chi connectivity index (χ4v) is 3.70. The zero-order valence-electron chi connectivity index (χ0n) is 16.1. The van der Waals surface area contributed by atoms with Crippen molar-refractivity contribution in [3.05, 3.63) is 53.4 Å². The Morgan fingerprint density at radius 1 is 1.26 bits per heavy atom. The van der Waals surface area contributed by atoms with E-state index in [0.717, 1.165) is 17.1 Å². The Kier molecular flexibility index (Phi) is 4.68. The quantitative estimate of drug-likeness (QED) is 0.757. The molecule has 1 atom stereocenters. The van der Waals surface area contributed by atoms with Crippen molar-refractivity contribution >= 4 is 12.0 Å². The lowest BCUT2D eigenvalue weighted by molar-refractivity contribution is -0.126. The molecule has 1 saturated carbocycles. The van der Waals surface area contributed by atoms with Gasteiger partial charge in [-0.2, -0.15) is 0 Å². The van der Waals surface area contributed by atoms with Crippen molar-refractivity contribution in [1.29, 1.82) is 0 Å². The third-order valence-electron chi connectivity index (χ3n) is 5.26. The number of hydrogen-bond acceptors (Lipinski definition) is 3. The van der Waals surface area contributed by atoms with Crippen molar-refractivity contribution in [2.45, 2.75) is 38.8 Å². The Labute approximate surface area is 160 Å². The molecule has 5 nitrogen and oxygen atoms in total. The number of carbonyl (C=O) groups is 1.